The standard InChI is InChI=1S/C13H20O2S/c1-4-10-8-12(15-2)11(6-5-7-14)9-13(10)16-3/h8-9,14H,4-7H2,1-3H3. The maximum Gasteiger partial charge on any atom is 0.122 e. The smallest absolute Gasteiger partial charge is 0.122 e. The zero-order valence-corrected chi connectivity index (χ0v) is 11.1. The number of hydrogen-bond donors (Lipinski definition) is 1. The Kier molecular flexibility index (Phi) is 5.71. The molecule has 16 heavy (non-hydrogen) atoms. The molecule has 1 N–H and O–H groups in total. The summed E-state index contributed by atoms with van der Waals surface area (Å²) < 4.78 is 5.39. The summed E-state index contributed by atoms with van der Waals surface area (Å²) in [5, 5.41) is 8.87. The van der Waals surface area contributed by atoms with Gasteiger partial charge in [0.25, 0.3) is 0 Å². The molecule has 0 saturated carbocycles. The van der Waals surface area contributed by atoms with Crippen LogP contribution in [0.5, 0.6) is 5.75 Å². The van der Waals surface area contributed by atoms with E-state index in [1.165, 1.54) is 16.0 Å². The largest absolute Gasteiger partial charge is 0.496 e. The molecule has 1 rings (SSSR count). The Morgan fingerprint density at radius 1 is 1.31 bits per heavy atom. The van der Waals surface area contributed by atoms with E-state index in [-0.39, 0.29) is 6.61 Å². The van der Waals surface area contributed by atoms with Crippen LogP contribution in [0.2, 0.25) is 0 Å². The lowest BCUT2D eigenvalue weighted by Gasteiger charge is -2.13. The fourth-order valence-corrected chi connectivity index (χ4v) is 2.49. The van der Waals surface area contributed by atoms with Crippen molar-refractivity contribution in [3.05, 3.63) is 23.3 Å². The van der Waals surface area contributed by atoms with Crippen molar-refractivity contribution in [3.63, 3.8) is 0 Å². The number of aryl methyl sites for hydroxylation is 2. The monoisotopic (exact) mass is 240 g/mol. The summed E-state index contributed by atoms with van der Waals surface area (Å²) in [5.74, 6) is 0.947. The molecule has 0 amide bonds. The first-order chi connectivity index (χ1) is 7.76. The molecule has 0 aliphatic heterocycles. The van der Waals surface area contributed by atoms with E-state index in [1.54, 1.807) is 18.9 Å². The lowest BCUT2D eigenvalue weighted by Crippen LogP contribution is -1.97. The highest BCUT2D eigenvalue weighted by Gasteiger charge is 2.08. The topological polar surface area (TPSA) is 29.5 Å². The van der Waals surface area contributed by atoms with Gasteiger partial charge in [-0.15, -0.1) is 11.8 Å². The van der Waals surface area contributed by atoms with Gasteiger partial charge in [0, 0.05) is 11.5 Å². The Morgan fingerprint density at radius 2 is 2.06 bits per heavy atom. The van der Waals surface area contributed by atoms with Crippen molar-refractivity contribution in [2.45, 2.75) is 31.1 Å². The SMILES string of the molecule is CCc1cc(OC)c(CCCO)cc1SC. The Morgan fingerprint density at radius 3 is 2.56 bits per heavy atom. The second-order valence-electron chi connectivity index (χ2n) is 3.66. The van der Waals surface area contributed by atoms with Gasteiger partial charge in [-0.3, -0.25) is 0 Å². The molecule has 2 nitrogen and oxygen atoms in total. The van der Waals surface area contributed by atoms with E-state index in [0.29, 0.717) is 0 Å². The Labute approximate surface area is 102 Å². The number of aliphatic hydroxyl groups is 1. The van der Waals surface area contributed by atoms with Crippen LogP contribution in [0.25, 0.3) is 0 Å². The molecule has 0 saturated heterocycles. The van der Waals surface area contributed by atoms with Gasteiger partial charge in [-0.1, -0.05) is 6.92 Å². The van der Waals surface area contributed by atoms with Gasteiger partial charge in [0.15, 0.2) is 0 Å². The zero-order chi connectivity index (χ0) is 12.0. The van der Waals surface area contributed by atoms with Gasteiger partial charge in [0.05, 0.1) is 7.11 Å². The molecular weight excluding hydrogens is 220 g/mol. The van der Waals surface area contributed by atoms with Crippen LogP contribution in [-0.2, 0) is 12.8 Å². The minimum atomic E-state index is 0.229. The van der Waals surface area contributed by atoms with E-state index in [4.69, 9.17) is 9.84 Å². The van der Waals surface area contributed by atoms with Crippen molar-refractivity contribution in [2.24, 2.45) is 0 Å². The van der Waals surface area contributed by atoms with Gasteiger partial charge in [-0.25, -0.2) is 0 Å². The van der Waals surface area contributed by atoms with Gasteiger partial charge in [-0.2, -0.15) is 0 Å². The molecule has 0 spiro atoms. The second kappa shape index (κ2) is 6.81. The number of methoxy groups -OCH3 is 1. The minimum absolute atomic E-state index is 0.229. The van der Waals surface area contributed by atoms with E-state index in [9.17, 15) is 0 Å². The predicted octanol–water partition coefficient (Wildman–Crippen LogP) is 2.90. The van der Waals surface area contributed by atoms with Crippen LogP contribution in [-0.4, -0.2) is 25.1 Å². The molecule has 0 aliphatic carbocycles. The van der Waals surface area contributed by atoms with Gasteiger partial charge in [0.2, 0.25) is 0 Å². The normalized spacial score (nSPS) is 10.5. The minimum Gasteiger partial charge on any atom is -0.496 e. The highest BCUT2D eigenvalue weighted by Crippen LogP contribution is 2.30. The predicted molar refractivity (Wildman–Crippen MR) is 69.6 cm³/mol. The maximum absolute atomic E-state index is 8.87. The van der Waals surface area contributed by atoms with E-state index in [1.807, 2.05) is 0 Å². The molecule has 1 aromatic rings. The van der Waals surface area contributed by atoms with Gasteiger partial charge < -0.3 is 9.84 Å². The highest BCUT2D eigenvalue weighted by atomic mass is 32.2. The molecule has 0 aromatic heterocycles. The Hall–Kier alpha value is -0.670. The molecular formula is C13H20O2S. The van der Waals surface area contributed by atoms with Crippen molar-refractivity contribution in [3.8, 4) is 5.75 Å². The molecule has 0 fully saturated rings. The van der Waals surface area contributed by atoms with Crippen LogP contribution in [0.3, 0.4) is 0 Å². The number of benzene rings is 1. The van der Waals surface area contributed by atoms with Gasteiger partial charge in [0.1, 0.15) is 5.75 Å². The molecule has 0 unspecified atom stereocenters. The summed E-state index contributed by atoms with van der Waals surface area (Å²) in [6.45, 7) is 2.38. The molecule has 0 heterocycles. The third kappa shape index (κ3) is 3.16. The number of aliphatic hydroxyl groups excluding tert-OH is 1. The van der Waals surface area contributed by atoms with Crippen molar-refractivity contribution in [1.29, 1.82) is 0 Å². The summed E-state index contributed by atoms with van der Waals surface area (Å²) in [7, 11) is 1.70. The summed E-state index contributed by atoms with van der Waals surface area (Å²) in [4.78, 5) is 1.32. The first-order valence-corrected chi connectivity index (χ1v) is 6.83. The third-order valence-electron chi connectivity index (χ3n) is 2.67. The van der Waals surface area contributed by atoms with Crippen molar-refractivity contribution in [2.75, 3.05) is 20.0 Å². The molecule has 90 valence electrons. The molecule has 0 atom stereocenters. The van der Waals surface area contributed by atoms with Crippen LogP contribution in [0, 0.1) is 0 Å². The molecule has 0 radical (unpaired) electrons. The summed E-state index contributed by atoms with van der Waals surface area (Å²) in [5.41, 5.74) is 2.52. The zero-order valence-electron chi connectivity index (χ0n) is 10.2. The molecule has 1 aromatic carbocycles. The van der Waals surface area contributed by atoms with Gasteiger partial charge >= 0.3 is 0 Å². The first-order valence-electron chi connectivity index (χ1n) is 5.61. The lowest BCUT2D eigenvalue weighted by molar-refractivity contribution is 0.287. The summed E-state index contributed by atoms with van der Waals surface area (Å²) in [6.07, 6.45) is 4.77. The van der Waals surface area contributed by atoms with E-state index in [0.717, 1.165) is 25.0 Å². The second-order valence-corrected chi connectivity index (χ2v) is 4.50. The number of ether oxygens (including phenoxy) is 1. The van der Waals surface area contributed by atoms with Crippen LogP contribution < -0.4 is 4.74 Å². The van der Waals surface area contributed by atoms with Crippen molar-refractivity contribution in [1.82, 2.24) is 0 Å². The highest BCUT2D eigenvalue weighted by molar-refractivity contribution is 7.98. The number of hydrogen-bond acceptors (Lipinski definition) is 3. The summed E-state index contributed by atoms with van der Waals surface area (Å²) >= 11 is 1.77. The maximum atomic E-state index is 8.87. The van der Waals surface area contributed by atoms with Crippen molar-refractivity contribution < 1.29 is 9.84 Å². The van der Waals surface area contributed by atoms with E-state index >= 15 is 0 Å². The van der Waals surface area contributed by atoms with Crippen LogP contribution in [0.1, 0.15) is 24.5 Å². The summed E-state index contributed by atoms with van der Waals surface area (Å²) in [6, 6.07) is 4.32. The van der Waals surface area contributed by atoms with Crippen LogP contribution in [0.15, 0.2) is 17.0 Å². The lowest BCUT2D eigenvalue weighted by atomic mass is 10.0. The average Bonchev–Trinajstić information content (AvgIpc) is 2.35. The Balaban J connectivity index is 3.05. The first kappa shape index (κ1) is 13.4. The Bertz CT molecular complexity index is 337. The quantitative estimate of drug-likeness (QED) is 0.775. The number of rotatable bonds is 6. The fraction of sp³-hybridized carbons (Fsp3) is 0.538. The average molecular weight is 240 g/mol. The van der Waals surface area contributed by atoms with Crippen molar-refractivity contribution >= 4 is 11.8 Å². The fourth-order valence-electron chi connectivity index (χ4n) is 1.77. The van der Waals surface area contributed by atoms with Crippen LogP contribution in [0.4, 0.5) is 0 Å². The molecule has 3 heteroatoms. The van der Waals surface area contributed by atoms with E-state index < -0.39 is 0 Å². The van der Waals surface area contributed by atoms with Gasteiger partial charge in [-0.05, 0) is 48.8 Å². The molecule has 0 bridgehead atoms. The van der Waals surface area contributed by atoms with Crippen LogP contribution >= 0.6 is 11.8 Å². The number of thioether (sulfide) groups is 1. The molecule has 0 aliphatic rings. The third-order valence-corrected chi connectivity index (χ3v) is 3.49. The van der Waals surface area contributed by atoms with E-state index in [2.05, 4.69) is 25.3 Å².